The Balaban J connectivity index is 0. The minimum absolute atomic E-state index is 0. The van der Waals surface area contributed by atoms with E-state index in [0.29, 0.717) is 21.5 Å². The number of halogens is 3. The first-order valence-corrected chi connectivity index (χ1v) is 21.8. The van der Waals surface area contributed by atoms with E-state index in [0.717, 1.165) is 47.3 Å². The molecule has 4 aliphatic rings. The minimum atomic E-state index is 0. The summed E-state index contributed by atoms with van der Waals surface area (Å²) in [4.78, 5) is 0. The molecule has 0 radical (unpaired) electrons. The number of benzene rings is 3. The van der Waals surface area contributed by atoms with Crippen LogP contribution in [0.25, 0.3) is 11.1 Å². The summed E-state index contributed by atoms with van der Waals surface area (Å²) in [5.41, 5.74) is 8.73. The van der Waals surface area contributed by atoms with Crippen molar-refractivity contribution < 1.29 is 13.2 Å². The zero-order chi connectivity index (χ0) is 39.3. The van der Waals surface area contributed by atoms with Crippen LogP contribution in [-0.4, -0.2) is 21.5 Å². The highest BCUT2D eigenvalue weighted by Crippen LogP contribution is 2.42. The van der Waals surface area contributed by atoms with E-state index in [9.17, 15) is 13.2 Å². The Morgan fingerprint density at radius 1 is 0.379 bits per heavy atom. The number of rotatable bonds is 7. The molecule has 0 aromatic heterocycles. The summed E-state index contributed by atoms with van der Waals surface area (Å²) in [5, 5.41) is 0. The topological polar surface area (TPSA) is 0 Å². The van der Waals surface area contributed by atoms with Crippen LogP contribution in [0.1, 0.15) is 181 Å². The average molecular weight is 811 g/mol. The van der Waals surface area contributed by atoms with Gasteiger partial charge in [-0.2, -0.15) is 0 Å². The number of aryl methyl sites for hydroxylation is 1. The molecular formula is C55H93F3. The zero-order valence-electron chi connectivity index (χ0n) is 35.4. The Morgan fingerprint density at radius 2 is 0.672 bits per heavy atom. The second-order valence-corrected chi connectivity index (χ2v) is 17.6. The van der Waals surface area contributed by atoms with Crippen molar-refractivity contribution in [1.29, 1.82) is 0 Å². The highest BCUT2D eigenvalue weighted by molar-refractivity contribution is 5.64. The molecule has 0 bridgehead atoms. The number of hydrogen-bond acceptors (Lipinski definition) is 0. The molecular weight excluding hydrogens is 718 g/mol. The summed E-state index contributed by atoms with van der Waals surface area (Å²) in [6, 6.07) is 28.0. The first kappa shape index (κ1) is 57.5. The molecule has 3 aromatic carbocycles. The highest BCUT2D eigenvalue weighted by atomic mass is 19.1. The molecule has 7 rings (SSSR count). The van der Waals surface area contributed by atoms with E-state index in [1.54, 1.807) is 11.1 Å². The SMILES string of the molecule is C.C.C.C.CC1CCC(Cc2ccc(-c3ccc(C4CCC(C)CC4)cc3)cc2)CC1.CF.CF.CF.Cc1ccc(CC2CCC(C3CCC(C)CC3)CC2)cc1. The number of hydrogen-bond donors (Lipinski definition) is 0. The first-order chi connectivity index (χ1) is 26.4. The van der Waals surface area contributed by atoms with Crippen molar-refractivity contribution in [3.63, 3.8) is 0 Å². The van der Waals surface area contributed by atoms with Gasteiger partial charge in [0, 0.05) is 0 Å². The van der Waals surface area contributed by atoms with Crippen molar-refractivity contribution >= 4 is 0 Å². The molecule has 0 unspecified atom stereocenters. The smallest absolute Gasteiger partial charge is 0.0785 e. The zero-order valence-corrected chi connectivity index (χ0v) is 35.4. The van der Waals surface area contributed by atoms with Gasteiger partial charge in [0.2, 0.25) is 0 Å². The summed E-state index contributed by atoms with van der Waals surface area (Å²) >= 11 is 0. The summed E-state index contributed by atoms with van der Waals surface area (Å²) in [7, 11) is 1.50. The van der Waals surface area contributed by atoms with Crippen LogP contribution < -0.4 is 0 Å². The van der Waals surface area contributed by atoms with Crippen molar-refractivity contribution in [2.45, 2.75) is 179 Å². The van der Waals surface area contributed by atoms with Gasteiger partial charge < -0.3 is 0 Å². The van der Waals surface area contributed by atoms with Gasteiger partial charge >= 0.3 is 0 Å². The van der Waals surface area contributed by atoms with E-state index in [1.165, 1.54) is 138 Å². The molecule has 0 heterocycles. The van der Waals surface area contributed by atoms with Crippen LogP contribution in [0.5, 0.6) is 0 Å². The highest BCUT2D eigenvalue weighted by Gasteiger charge is 2.30. The van der Waals surface area contributed by atoms with Crippen molar-refractivity contribution in [1.82, 2.24) is 0 Å². The van der Waals surface area contributed by atoms with E-state index in [2.05, 4.69) is 100 Å². The molecule has 0 N–H and O–H groups in total. The van der Waals surface area contributed by atoms with Gasteiger partial charge in [-0.05, 0) is 159 Å². The molecule has 3 heteroatoms. The van der Waals surface area contributed by atoms with Crippen LogP contribution in [0, 0.1) is 48.3 Å². The quantitative estimate of drug-likeness (QED) is 0.223. The standard InChI is InChI=1S/C27H36.C21H32.3CH3F.4CH4/c1-20-3-7-22(8-4-20)19-23-9-13-25(14-10-23)27-17-15-26(16-18-27)24-11-5-21(2)6-12-24;1-16-3-7-18(8-4-16)15-19-9-13-21(14-10-19)20-11-5-17(2)6-12-20;3*1-2;;;;/h9-10,13-18,20-22,24H,3-8,11-12,19H2,1-2H3;3-4,7-8,17,19-21H,5-6,9-15H2,1-2H3;3*1H3;4*1H4. The second kappa shape index (κ2) is 32.3. The van der Waals surface area contributed by atoms with Crippen LogP contribution in [-0.2, 0) is 12.8 Å². The molecule has 4 aliphatic carbocycles. The first-order valence-electron chi connectivity index (χ1n) is 21.8. The largest absolute Gasteiger partial charge is 0.255 e. The lowest BCUT2D eigenvalue weighted by atomic mass is 9.69. The molecule has 334 valence electrons. The van der Waals surface area contributed by atoms with Gasteiger partial charge in [-0.3, -0.25) is 13.2 Å². The lowest BCUT2D eigenvalue weighted by molar-refractivity contribution is 0.150. The molecule has 0 nitrogen and oxygen atoms in total. The van der Waals surface area contributed by atoms with E-state index in [1.807, 2.05) is 0 Å². The van der Waals surface area contributed by atoms with Crippen molar-refractivity contribution in [2.24, 2.45) is 41.4 Å². The van der Waals surface area contributed by atoms with Crippen LogP contribution in [0.3, 0.4) is 0 Å². The predicted octanol–water partition coefficient (Wildman–Crippen LogP) is 18.5. The monoisotopic (exact) mass is 811 g/mol. The summed E-state index contributed by atoms with van der Waals surface area (Å²) in [6.07, 6.45) is 25.8. The van der Waals surface area contributed by atoms with E-state index in [-0.39, 0.29) is 29.7 Å². The Morgan fingerprint density at radius 3 is 1.07 bits per heavy atom. The summed E-state index contributed by atoms with van der Waals surface area (Å²) in [6.45, 7) is 9.43. The van der Waals surface area contributed by atoms with Gasteiger partial charge in [0.25, 0.3) is 0 Å². The molecule has 0 aliphatic heterocycles. The molecule has 4 saturated carbocycles. The summed E-state index contributed by atoms with van der Waals surface area (Å²) < 4.78 is 28.5. The maximum absolute atomic E-state index is 9.50. The lowest BCUT2D eigenvalue weighted by Crippen LogP contribution is -2.25. The fourth-order valence-corrected chi connectivity index (χ4v) is 9.92. The maximum Gasteiger partial charge on any atom is 0.0785 e. The fraction of sp³-hybridized carbons (Fsp3) is 0.673. The Kier molecular flexibility index (Phi) is 32.0. The van der Waals surface area contributed by atoms with Crippen LogP contribution in [0.15, 0.2) is 72.8 Å². The van der Waals surface area contributed by atoms with Crippen LogP contribution in [0.4, 0.5) is 13.2 Å². The van der Waals surface area contributed by atoms with Crippen molar-refractivity contribution in [3.8, 4) is 11.1 Å². The molecule has 0 amide bonds. The third-order valence-corrected chi connectivity index (χ3v) is 13.6. The molecule has 3 aromatic rings. The van der Waals surface area contributed by atoms with Gasteiger partial charge in [-0.25, -0.2) is 0 Å². The minimum Gasteiger partial charge on any atom is -0.255 e. The van der Waals surface area contributed by atoms with Crippen molar-refractivity contribution in [2.75, 3.05) is 21.5 Å². The van der Waals surface area contributed by atoms with Crippen LogP contribution in [0.2, 0.25) is 0 Å². The van der Waals surface area contributed by atoms with E-state index < -0.39 is 0 Å². The van der Waals surface area contributed by atoms with Crippen molar-refractivity contribution in [3.05, 3.63) is 95.1 Å². The molecule has 0 spiro atoms. The van der Waals surface area contributed by atoms with Gasteiger partial charge in [0.05, 0.1) is 21.5 Å². The normalized spacial score (nSPS) is 26.0. The van der Waals surface area contributed by atoms with E-state index >= 15 is 0 Å². The lowest BCUT2D eigenvalue weighted by Gasteiger charge is -2.37. The average Bonchev–Trinajstić information content (AvgIpc) is 3.23. The third-order valence-electron chi connectivity index (χ3n) is 13.6. The van der Waals surface area contributed by atoms with Gasteiger partial charge in [-0.15, -0.1) is 0 Å². The predicted molar refractivity (Wildman–Crippen MR) is 257 cm³/mol. The molecule has 58 heavy (non-hydrogen) atoms. The fourth-order valence-electron chi connectivity index (χ4n) is 9.92. The molecule has 0 atom stereocenters. The van der Waals surface area contributed by atoms with Gasteiger partial charge in [0.1, 0.15) is 0 Å². The Bertz CT molecular complexity index is 1330. The Labute approximate surface area is 360 Å². The van der Waals surface area contributed by atoms with Crippen LogP contribution >= 0.6 is 0 Å². The van der Waals surface area contributed by atoms with Gasteiger partial charge in [0.15, 0.2) is 0 Å². The number of alkyl halides is 3. The molecule has 0 saturated heterocycles. The van der Waals surface area contributed by atoms with E-state index in [4.69, 9.17) is 0 Å². The van der Waals surface area contributed by atoms with Gasteiger partial charge in [-0.1, -0.05) is 167 Å². The maximum atomic E-state index is 9.50. The second-order valence-electron chi connectivity index (χ2n) is 17.6. The summed E-state index contributed by atoms with van der Waals surface area (Å²) in [5.74, 6) is 7.65. The molecule has 4 fully saturated rings. The Hall–Kier alpha value is -2.55. The third kappa shape index (κ3) is 19.2.